The Hall–Kier alpha value is -1.84. The fraction of sp³-hybridized carbons (Fsp3) is 0.619. The van der Waals surface area contributed by atoms with Crippen molar-refractivity contribution in [2.75, 3.05) is 26.2 Å². The molecule has 2 aliphatic rings. The Kier molecular flexibility index (Phi) is 5.77. The number of likely N-dealkylation sites (tertiary alicyclic amines) is 2. The zero-order chi connectivity index (χ0) is 17.8. The van der Waals surface area contributed by atoms with Crippen LogP contribution in [-0.2, 0) is 4.79 Å². The highest BCUT2D eigenvalue weighted by Gasteiger charge is 2.32. The van der Waals surface area contributed by atoms with Gasteiger partial charge >= 0.3 is 0 Å². The molecule has 136 valence electrons. The average molecular weight is 342 g/mol. The highest BCUT2D eigenvalue weighted by atomic mass is 16.2. The van der Waals surface area contributed by atoms with Gasteiger partial charge in [0.05, 0.1) is 0 Å². The van der Waals surface area contributed by atoms with E-state index in [9.17, 15) is 9.59 Å². The molecule has 2 fully saturated rings. The van der Waals surface area contributed by atoms with E-state index in [1.165, 1.54) is 0 Å². The second kappa shape index (κ2) is 8.03. The fourth-order valence-corrected chi connectivity index (χ4v) is 4.14. The number of carbonyl (C=O) groups excluding carboxylic acids is 2. The predicted octanol–water partition coefficient (Wildman–Crippen LogP) is 3.43. The highest BCUT2D eigenvalue weighted by molar-refractivity contribution is 5.94. The third-order valence-corrected chi connectivity index (χ3v) is 5.95. The van der Waals surface area contributed by atoms with E-state index in [1.54, 1.807) is 0 Å². The molecule has 25 heavy (non-hydrogen) atoms. The second-order valence-corrected chi connectivity index (χ2v) is 7.84. The second-order valence-electron chi connectivity index (χ2n) is 7.84. The van der Waals surface area contributed by atoms with Gasteiger partial charge in [0.25, 0.3) is 5.91 Å². The van der Waals surface area contributed by atoms with Crippen LogP contribution < -0.4 is 0 Å². The Morgan fingerprint density at radius 2 is 1.44 bits per heavy atom. The fourth-order valence-electron chi connectivity index (χ4n) is 4.14. The van der Waals surface area contributed by atoms with Gasteiger partial charge in [0.2, 0.25) is 5.91 Å². The van der Waals surface area contributed by atoms with Crippen molar-refractivity contribution in [3.63, 3.8) is 0 Å². The van der Waals surface area contributed by atoms with Crippen molar-refractivity contribution in [1.29, 1.82) is 0 Å². The summed E-state index contributed by atoms with van der Waals surface area (Å²) in [6, 6.07) is 9.43. The topological polar surface area (TPSA) is 40.6 Å². The van der Waals surface area contributed by atoms with Gasteiger partial charge in [0, 0.05) is 37.7 Å². The molecule has 2 saturated heterocycles. The molecule has 0 spiro atoms. The van der Waals surface area contributed by atoms with Crippen LogP contribution in [0.2, 0.25) is 0 Å². The molecule has 0 N–H and O–H groups in total. The lowest BCUT2D eigenvalue weighted by Gasteiger charge is -2.38. The first-order valence-corrected chi connectivity index (χ1v) is 9.69. The van der Waals surface area contributed by atoms with Gasteiger partial charge in [-0.25, -0.2) is 0 Å². The lowest BCUT2D eigenvalue weighted by Crippen LogP contribution is -2.46. The number of carbonyl (C=O) groups is 2. The van der Waals surface area contributed by atoms with Crippen LogP contribution in [0, 0.1) is 17.8 Å². The zero-order valence-corrected chi connectivity index (χ0v) is 15.5. The molecular formula is C21H30N2O2. The number of amides is 2. The van der Waals surface area contributed by atoms with Gasteiger partial charge in [-0.1, -0.05) is 32.0 Å². The lowest BCUT2D eigenvalue weighted by atomic mass is 9.86. The zero-order valence-electron chi connectivity index (χ0n) is 15.5. The molecule has 1 aromatic rings. The van der Waals surface area contributed by atoms with Crippen molar-refractivity contribution in [3.8, 4) is 0 Å². The number of hydrogen-bond acceptors (Lipinski definition) is 2. The maximum absolute atomic E-state index is 12.8. The van der Waals surface area contributed by atoms with Crippen LogP contribution in [0.15, 0.2) is 30.3 Å². The molecule has 0 radical (unpaired) electrons. The Balaban J connectivity index is 1.49. The summed E-state index contributed by atoms with van der Waals surface area (Å²) in [6.07, 6.45) is 3.85. The van der Waals surface area contributed by atoms with Gasteiger partial charge in [0.15, 0.2) is 0 Å². The Morgan fingerprint density at radius 1 is 0.880 bits per heavy atom. The molecule has 3 rings (SSSR count). The smallest absolute Gasteiger partial charge is 0.253 e. The Bertz CT molecular complexity index is 583. The molecule has 1 aromatic carbocycles. The highest BCUT2D eigenvalue weighted by Crippen LogP contribution is 2.27. The number of rotatable bonds is 3. The van der Waals surface area contributed by atoms with E-state index in [1.807, 2.05) is 35.2 Å². The summed E-state index contributed by atoms with van der Waals surface area (Å²) < 4.78 is 0. The standard InChI is InChI=1S/C21H30N2O2/c1-16(2)17-8-12-22(13-9-17)21(25)19-10-14-23(15-11-19)20(24)18-6-4-3-5-7-18/h3-7,16-17,19H,8-15H2,1-2H3. The van der Waals surface area contributed by atoms with Crippen molar-refractivity contribution in [1.82, 2.24) is 9.80 Å². The van der Waals surface area contributed by atoms with Crippen molar-refractivity contribution in [2.24, 2.45) is 17.8 Å². The van der Waals surface area contributed by atoms with Crippen LogP contribution in [0.25, 0.3) is 0 Å². The summed E-state index contributed by atoms with van der Waals surface area (Å²) >= 11 is 0. The Morgan fingerprint density at radius 3 is 2.00 bits per heavy atom. The molecule has 4 heteroatoms. The van der Waals surface area contributed by atoms with Crippen molar-refractivity contribution < 1.29 is 9.59 Å². The van der Waals surface area contributed by atoms with Gasteiger partial charge in [-0.15, -0.1) is 0 Å². The van der Waals surface area contributed by atoms with E-state index in [-0.39, 0.29) is 11.8 Å². The predicted molar refractivity (Wildman–Crippen MR) is 99.2 cm³/mol. The summed E-state index contributed by atoms with van der Waals surface area (Å²) in [7, 11) is 0. The van der Waals surface area contributed by atoms with E-state index in [0.29, 0.717) is 24.9 Å². The van der Waals surface area contributed by atoms with E-state index in [0.717, 1.165) is 50.3 Å². The Labute approximate surface area is 151 Å². The summed E-state index contributed by atoms with van der Waals surface area (Å²) in [5, 5.41) is 0. The third-order valence-electron chi connectivity index (χ3n) is 5.95. The van der Waals surface area contributed by atoms with Crippen LogP contribution >= 0.6 is 0 Å². The molecule has 2 amide bonds. The van der Waals surface area contributed by atoms with Gasteiger partial charge in [-0.3, -0.25) is 9.59 Å². The monoisotopic (exact) mass is 342 g/mol. The van der Waals surface area contributed by atoms with Crippen LogP contribution in [0.4, 0.5) is 0 Å². The van der Waals surface area contributed by atoms with E-state index < -0.39 is 0 Å². The number of hydrogen-bond donors (Lipinski definition) is 0. The number of nitrogens with zero attached hydrogens (tertiary/aromatic N) is 2. The van der Waals surface area contributed by atoms with E-state index in [4.69, 9.17) is 0 Å². The lowest BCUT2D eigenvalue weighted by molar-refractivity contribution is -0.138. The van der Waals surface area contributed by atoms with Crippen LogP contribution in [-0.4, -0.2) is 47.8 Å². The van der Waals surface area contributed by atoms with Gasteiger partial charge in [-0.2, -0.15) is 0 Å². The van der Waals surface area contributed by atoms with Gasteiger partial charge in [-0.05, 0) is 49.7 Å². The summed E-state index contributed by atoms with van der Waals surface area (Å²) in [6.45, 7) is 7.75. The first kappa shape index (κ1) is 18.0. The number of benzene rings is 1. The molecule has 4 nitrogen and oxygen atoms in total. The van der Waals surface area contributed by atoms with Crippen molar-refractivity contribution >= 4 is 11.8 Å². The molecule has 0 bridgehead atoms. The maximum Gasteiger partial charge on any atom is 0.253 e. The molecule has 0 aromatic heterocycles. The maximum atomic E-state index is 12.8. The summed E-state index contributed by atoms with van der Waals surface area (Å²) in [4.78, 5) is 29.3. The normalized spacial score (nSPS) is 20.1. The molecule has 2 aliphatic heterocycles. The van der Waals surface area contributed by atoms with Crippen molar-refractivity contribution in [2.45, 2.75) is 39.5 Å². The summed E-state index contributed by atoms with van der Waals surface area (Å²) in [5.41, 5.74) is 0.739. The minimum Gasteiger partial charge on any atom is -0.342 e. The summed E-state index contributed by atoms with van der Waals surface area (Å²) in [5.74, 6) is 1.97. The molecule has 0 saturated carbocycles. The van der Waals surface area contributed by atoms with Crippen LogP contribution in [0.5, 0.6) is 0 Å². The first-order chi connectivity index (χ1) is 12.1. The molecule has 0 atom stereocenters. The minimum atomic E-state index is 0.0873. The van der Waals surface area contributed by atoms with Gasteiger partial charge < -0.3 is 9.80 Å². The molecular weight excluding hydrogens is 312 g/mol. The molecule has 0 unspecified atom stereocenters. The van der Waals surface area contributed by atoms with Gasteiger partial charge in [0.1, 0.15) is 0 Å². The van der Waals surface area contributed by atoms with E-state index >= 15 is 0 Å². The average Bonchev–Trinajstić information content (AvgIpc) is 2.67. The van der Waals surface area contributed by atoms with Crippen molar-refractivity contribution in [3.05, 3.63) is 35.9 Å². The van der Waals surface area contributed by atoms with Crippen LogP contribution in [0.3, 0.4) is 0 Å². The quantitative estimate of drug-likeness (QED) is 0.844. The third kappa shape index (κ3) is 4.23. The number of piperidine rings is 2. The first-order valence-electron chi connectivity index (χ1n) is 9.69. The SMILES string of the molecule is CC(C)C1CCN(C(=O)C2CCN(C(=O)c3ccccc3)CC2)CC1. The molecule has 2 heterocycles. The van der Waals surface area contributed by atoms with Crippen LogP contribution in [0.1, 0.15) is 49.9 Å². The molecule has 0 aliphatic carbocycles. The van der Waals surface area contributed by atoms with E-state index in [2.05, 4.69) is 18.7 Å². The largest absolute Gasteiger partial charge is 0.342 e. The minimum absolute atomic E-state index is 0.0873.